The zero-order chi connectivity index (χ0) is 26.5. The van der Waals surface area contributed by atoms with Crippen molar-refractivity contribution in [2.24, 2.45) is 0 Å². The Hall–Kier alpha value is -3.66. The van der Waals surface area contributed by atoms with Gasteiger partial charge in [-0.3, -0.25) is 4.79 Å². The lowest BCUT2D eigenvalue weighted by molar-refractivity contribution is -0.153. The third-order valence-corrected chi connectivity index (χ3v) is 6.33. The van der Waals surface area contributed by atoms with E-state index >= 15 is 0 Å². The van der Waals surface area contributed by atoms with Crippen molar-refractivity contribution in [2.45, 2.75) is 31.9 Å². The molecule has 4 rings (SSSR count). The molecule has 0 unspecified atom stereocenters. The van der Waals surface area contributed by atoms with Crippen molar-refractivity contribution in [2.75, 3.05) is 6.61 Å². The Bertz CT molecular complexity index is 1420. The predicted octanol–water partition coefficient (Wildman–Crippen LogP) is 4.30. The van der Waals surface area contributed by atoms with E-state index in [2.05, 4.69) is 15.6 Å². The standard InChI is InChI=1S/C26H24Cl2N4O5/c1-2-37-26(35)24(33)14-19(29-25(34)17-7-10-22-23(12-17)32(36)31-30-22)11-15-3-5-16(6-4-15)20-13-18(27)8-9-21(20)28/h3-10,12-13,19,24,33,36H,2,11,14H2,1H3,(H,29,34)/t19-,24-/m1/s1. The number of nitrogens with one attached hydrogen (secondary N) is 1. The van der Waals surface area contributed by atoms with E-state index in [1.54, 1.807) is 37.3 Å². The average molecular weight is 543 g/mol. The largest absolute Gasteiger partial charge is 0.464 e. The van der Waals surface area contributed by atoms with Gasteiger partial charge < -0.3 is 20.4 Å². The van der Waals surface area contributed by atoms with Crippen molar-refractivity contribution in [3.63, 3.8) is 0 Å². The normalized spacial score (nSPS) is 12.8. The van der Waals surface area contributed by atoms with Gasteiger partial charge in [0.15, 0.2) is 6.10 Å². The number of aliphatic hydroxyl groups is 1. The van der Waals surface area contributed by atoms with Crippen LogP contribution in [-0.4, -0.2) is 56.1 Å². The molecular formula is C26H24Cl2N4O5. The molecule has 11 heteroatoms. The van der Waals surface area contributed by atoms with Gasteiger partial charge in [0.05, 0.1) is 6.61 Å². The van der Waals surface area contributed by atoms with Gasteiger partial charge >= 0.3 is 5.97 Å². The monoisotopic (exact) mass is 542 g/mol. The smallest absolute Gasteiger partial charge is 0.335 e. The van der Waals surface area contributed by atoms with Crippen LogP contribution >= 0.6 is 23.2 Å². The second-order valence-electron chi connectivity index (χ2n) is 8.38. The maximum atomic E-state index is 13.0. The quantitative estimate of drug-likeness (QED) is 0.212. The summed E-state index contributed by atoms with van der Waals surface area (Å²) in [7, 11) is 0. The summed E-state index contributed by atoms with van der Waals surface area (Å²) in [4.78, 5) is 25.7. The Morgan fingerprint density at radius 1 is 1.08 bits per heavy atom. The van der Waals surface area contributed by atoms with Crippen LogP contribution in [0, 0.1) is 0 Å². The fraction of sp³-hybridized carbons (Fsp3) is 0.231. The van der Waals surface area contributed by atoms with Gasteiger partial charge in [0.2, 0.25) is 0 Å². The molecule has 1 amide bonds. The van der Waals surface area contributed by atoms with E-state index in [0.717, 1.165) is 16.7 Å². The Morgan fingerprint density at radius 3 is 2.57 bits per heavy atom. The van der Waals surface area contributed by atoms with Crippen molar-refractivity contribution in [3.05, 3.63) is 81.8 Å². The number of amides is 1. The first-order chi connectivity index (χ1) is 17.7. The lowest BCUT2D eigenvalue weighted by Crippen LogP contribution is -2.41. The van der Waals surface area contributed by atoms with E-state index in [4.69, 9.17) is 27.9 Å². The van der Waals surface area contributed by atoms with Crippen LogP contribution in [0.2, 0.25) is 10.0 Å². The van der Waals surface area contributed by atoms with Crippen LogP contribution in [0.1, 0.15) is 29.3 Å². The minimum absolute atomic E-state index is 0.0613. The highest BCUT2D eigenvalue weighted by Crippen LogP contribution is 2.31. The molecule has 2 atom stereocenters. The van der Waals surface area contributed by atoms with Gasteiger partial charge in [0.25, 0.3) is 5.91 Å². The molecule has 37 heavy (non-hydrogen) atoms. The molecule has 0 saturated carbocycles. The summed E-state index contributed by atoms with van der Waals surface area (Å²) >= 11 is 12.4. The number of halogens is 2. The molecule has 9 nitrogen and oxygen atoms in total. The Balaban J connectivity index is 1.54. The molecule has 0 spiro atoms. The summed E-state index contributed by atoms with van der Waals surface area (Å²) in [5, 5.41) is 31.5. The number of benzene rings is 3. The third kappa shape index (κ3) is 6.37. The number of aliphatic hydroxyl groups excluding tert-OH is 1. The number of carbonyl (C=O) groups excluding carboxylic acids is 2. The molecule has 0 aliphatic rings. The van der Waals surface area contributed by atoms with Crippen molar-refractivity contribution in [3.8, 4) is 11.1 Å². The van der Waals surface area contributed by atoms with E-state index in [-0.39, 0.29) is 24.1 Å². The molecule has 1 aromatic heterocycles. The summed E-state index contributed by atoms with van der Waals surface area (Å²) < 4.78 is 4.91. The minimum atomic E-state index is -1.42. The van der Waals surface area contributed by atoms with E-state index in [1.807, 2.05) is 24.3 Å². The third-order valence-electron chi connectivity index (χ3n) is 5.77. The van der Waals surface area contributed by atoms with Crippen LogP contribution in [0.4, 0.5) is 0 Å². The second kappa shape index (κ2) is 11.6. The van der Waals surface area contributed by atoms with E-state index in [1.165, 1.54) is 6.07 Å². The zero-order valence-electron chi connectivity index (χ0n) is 19.8. The van der Waals surface area contributed by atoms with Crippen molar-refractivity contribution < 1.29 is 24.6 Å². The molecule has 3 aromatic carbocycles. The highest BCUT2D eigenvalue weighted by molar-refractivity contribution is 6.35. The number of hydrogen-bond acceptors (Lipinski definition) is 7. The van der Waals surface area contributed by atoms with Gasteiger partial charge in [0.1, 0.15) is 11.0 Å². The van der Waals surface area contributed by atoms with E-state index < -0.39 is 24.0 Å². The molecule has 0 aliphatic carbocycles. The number of hydrogen-bond donors (Lipinski definition) is 3. The van der Waals surface area contributed by atoms with Crippen LogP contribution in [-0.2, 0) is 16.0 Å². The van der Waals surface area contributed by atoms with Gasteiger partial charge in [-0.1, -0.05) is 52.3 Å². The Morgan fingerprint density at radius 2 is 1.84 bits per heavy atom. The molecule has 0 saturated heterocycles. The van der Waals surface area contributed by atoms with E-state index in [0.29, 0.717) is 26.8 Å². The maximum absolute atomic E-state index is 13.0. The first kappa shape index (κ1) is 26.4. The predicted molar refractivity (Wildman–Crippen MR) is 139 cm³/mol. The number of nitrogens with zero attached hydrogens (tertiary/aromatic N) is 3. The van der Waals surface area contributed by atoms with Gasteiger partial charge in [-0.05, 0) is 66.1 Å². The van der Waals surface area contributed by atoms with Crippen molar-refractivity contribution in [1.82, 2.24) is 20.5 Å². The van der Waals surface area contributed by atoms with Gasteiger partial charge in [-0.15, -0.1) is 5.10 Å². The van der Waals surface area contributed by atoms with Crippen molar-refractivity contribution in [1.29, 1.82) is 0 Å². The highest BCUT2D eigenvalue weighted by Gasteiger charge is 2.24. The number of rotatable bonds is 9. The number of carbonyl (C=O) groups is 2. The molecule has 0 aliphatic heterocycles. The lowest BCUT2D eigenvalue weighted by Gasteiger charge is -2.21. The van der Waals surface area contributed by atoms with Crippen molar-refractivity contribution >= 4 is 46.1 Å². The molecule has 3 N–H and O–H groups in total. The number of esters is 1. The molecular weight excluding hydrogens is 519 g/mol. The number of aromatic nitrogens is 3. The maximum Gasteiger partial charge on any atom is 0.335 e. The molecule has 0 bridgehead atoms. The molecule has 0 fully saturated rings. The van der Waals surface area contributed by atoms with E-state index in [9.17, 15) is 19.9 Å². The fourth-order valence-corrected chi connectivity index (χ4v) is 4.34. The number of ether oxygens (including phenoxy) is 1. The minimum Gasteiger partial charge on any atom is -0.464 e. The topological polar surface area (TPSA) is 127 Å². The van der Waals surface area contributed by atoms with Crippen LogP contribution in [0.15, 0.2) is 60.7 Å². The lowest BCUT2D eigenvalue weighted by atomic mass is 9.97. The second-order valence-corrected chi connectivity index (χ2v) is 9.23. The van der Waals surface area contributed by atoms with Crippen LogP contribution < -0.4 is 5.32 Å². The van der Waals surface area contributed by atoms with Crippen LogP contribution in [0.5, 0.6) is 0 Å². The molecule has 192 valence electrons. The zero-order valence-corrected chi connectivity index (χ0v) is 21.3. The molecule has 1 heterocycles. The summed E-state index contributed by atoms with van der Waals surface area (Å²) in [6.45, 7) is 1.78. The van der Waals surface area contributed by atoms with Gasteiger partial charge in [-0.2, -0.15) is 0 Å². The van der Waals surface area contributed by atoms with Crippen LogP contribution in [0.25, 0.3) is 22.2 Å². The fourth-order valence-electron chi connectivity index (χ4n) is 3.94. The summed E-state index contributed by atoms with van der Waals surface area (Å²) in [6.07, 6.45) is -1.15. The van der Waals surface area contributed by atoms with Gasteiger partial charge in [0, 0.05) is 33.6 Å². The van der Waals surface area contributed by atoms with Gasteiger partial charge in [-0.25, -0.2) is 4.79 Å². The summed E-state index contributed by atoms with van der Waals surface area (Å²) in [5.41, 5.74) is 3.46. The average Bonchev–Trinajstić information content (AvgIpc) is 3.26. The first-order valence-corrected chi connectivity index (χ1v) is 12.3. The van der Waals surface area contributed by atoms with Crippen LogP contribution in [0.3, 0.4) is 0 Å². The molecule has 0 radical (unpaired) electrons. The first-order valence-electron chi connectivity index (χ1n) is 11.5. The number of fused-ring (bicyclic) bond motifs is 1. The Labute approximate surface area is 222 Å². The highest BCUT2D eigenvalue weighted by atomic mass is 35.5. The summed E-state index contributed by atoms with van der Waals surface area (Å²) in [6, 6.07) is 16.7. The Kier molecular flexibility index (Phi) is 8.27. The SMILES string of the molecule is CCOC(=O)[C@H](O)C[C@@H](Cc1ccc(-c2cc(Cl)ccc2Cl)cc1)NC(=O)c1ccc2nnn(O)c2c1. The summed E-state index contributed by atoms with van der Waals surface area (Å²) in [5.74, 6) is -1.21. The molecule has 4 aromatic rings.